The Hall–Kier alpha value is -2.17. The summed E-state index contributed by atoms with van der Waals surface area (Å²) in [6.45, 7) is 0.476. The van der Waals surface area contributed by atoms with Crippen LogP contribution in [0.2, 0.25) is 0 Å². The summed E-state index contributed by atoms with van der Waals surface area (Å²) in [5.41, 5.74) is -0.810. The van der Waals surface area contributed by atoms with E-state index >= 15 is 0 Å². The number of hydrogen-bond donors (Lipinski definition) is 0. The van der Waals surface area contributed by atoms with Crippen molar-refractivity contribution in [3.63, 3.8) is 0 Å². The van der Waals surface area contributed by atoms with Gasteiger partial charge in [0, 0.05) is 47.8 Å². The Balaban J connectivity index is 1.57. The van der Waals surface area contributed by atoms with Crippen LogP contribution < -0.4 is 4.90 Å². The summed E-state index contributed by atoms with van der Waals surface area (Å²) in [6, 6.07) is 9.48. The summed E-state index contributed by atoms with van der Waals surface area (Å²) >= 11 is 1.36. The second-order valence-corrected chi connectivity index (χ2v) is 9.18. The van der Waals surface area contributed by atoms with E-state index in [4.69, 9.17) is 0 Å². The number of piperazine rings is 1. The third-order valence-corrected chi connectivity index (χ3v) is 7.74. The molecule has 0 spiro atoms. The molecule has 28 heavy (non-hydrogen) atoms. The van der Waals surface area contributed by atoms with Crippen LogP contribution >= 0.6 is 11.3 Å². The highest BCUT2D eigenvalue weighted by Crippen LogP contribution is 2.36. The van der Waals surface area contributed by atoms with Gasteiger partial charge in [-0.2, -0.15) is 17.5 Å². The number of anilines is 1. The Labute approximate surface area is 164 Å². The summed E-state index contributed by atoms with van der Waals surface area (Å²) in [7, 11) is -3.71. The lowest BCUT2D eigenvalue weighted by Gasteiger charge is -2.35. The molecule has 1 fully saturated rings. The van der Waals surface area contributed by atoms with Crippen LogP contribution in [0.25, 0.3) is 10.1 Å². The van der Waals surface area contributed by atoms with Crippen molar-refractivity contribution >= 4 is 37.3 Å². The first-order valence-electron chi connectivity index (χ1n) is 8.52. The van der Waals surface area contributed by atoms with E-state index in [1.54, 1.807) is 17.5 Å². The molecule has 0 unspecified atom stereocenters. The van der Waals surface area contributed by atoms with Crippen LogP contribution in [0.5, 0.6) is 0 Å². The van der Waals surface area contributed by atoms with E-state index in [0.29, 0.717) is 5.39 Å². The van der Waals surface area contributed by atoms with Crippen LogP contribution in [0, 0.1) is 0 Å². The molecule has 0 aliphatic carbocycles. The molecule has 148 valence electrons. The molecule has 2 aromatic heterocycles. The molecule has 5 nitrogen and oxygen atoms in total. The maximum Gasteiger partial charge on any atom is 0.419 e. The minimum atomic E-state index is -4.51. The average molecular weight is 427 g/mol. The van der Waals surface area contributed by atoms with Gasteiger partial charge in [-0.25, -0.2) is 13.4 Å². The highest BCUT2D eigenvalue weighted by atomic mass is 32.2. The van der Waals surface area contributed by atoms with Crippen LogP contribution in [-0.2, 0) is 16.2 Å². The number of fused-ring (bicyclic) bond motifs is 1. The monoisotopic (exact) mass is 427 g/mol. The molecule has 4 rings (SSSR count). The summed E-state index contributed by atoms with van der Waals surface area (Å²) in [6.07, 6.45) is -3.20. The topological polar surface area (TPSA) is 53.5 Å². The Morgan fingerprint density at radius 3 is 2.43 bits per heavy atom. The lowest BCUT2D eigenvalue weighted by atomic mass is 10.2. The van der Waals surface area contributed by atoms with Crippen molar-refractivity contribution in [3.8, 4) is 0 Å². The molecule has 0 amide bonds. The summed E-state index contributed by atoms with van der Waals surface area (Å²) < 4.78 is 68.0. The molecule has 1 aliphatic rings. The molecule has 0 saturated carbocycles. The zero-order valence-electron chi connectivity index (χ0n) is 14.6. The van der Waals surface area contributed by atoms with Crippen LogP contribution in [0.15, 0.2) is 52.9 Å². The number of pyridine rings is 1. The number of rotatable bonds is 3. The Bertz CT molecular complexity index is 1100. The molecule has 0 N–H and O–H groups in total. The van der Waals surface area contributed by atoms with Gasteiger partial charge in [-0.05, 0) is 18.2 Å². The molecule has 10 heteroatoms. The van der Waals surface area contributed by atoms with E-state index < -0.39 is 21.8 Å². The number of sulfonamides is 1. The Kier molecular flexibility index (Phi) is 4.80. The highest BCUT2D eigenvalue weighted by Gasteiger charge is 2.37. The van der Waals surface area contributed by atoms with Gasteiger partial charge in [0.2, 0.25) is 10.0 Å². The number of alkyl halides is 3. The molecule has 3 heterocycles. The second kappa shape index (κ2) is 7.02. The fourth-order valence-corrected chi connectivity index (χ4v) is 6.20. The fraction of sp³-hybridized carbons (Fsp3) is 0.278. The van der Waals surface area contributed by atoms with Crippen LogP contribution in [0.1, 0.15) is 5.56 Å². The van der Waals surface area contributed by atoms with Crippen molar-refractivity contribution in [1.82, 2.24) is 9.29 Å². The predicted octanol–water partition coefficient (Wildman–Crippen LogP) is 3.83. The van der Waals surface area contributed by atoms with Gasteiger partial charge < -0.3 is 4.90 Å². The molecule has 1 saturated heterocycles. The smallest absolute Gasteiger partial charge is 0.353 e. The van der Waals surface area contributed by atoms with Gasteiger partial charge in [0.25, 0.3) is 0 Å². The molecular formula is C18H16F3N3O2S2. The third-order valence-electron chi connectivity index (χ3n) is 4.69. The minimum Gasteiger partial charge on any atom is -0.353 e. The molecule has 1 aromatic carbocycles. The zero-order chi connectivity index (χ0) is 19.9. The van der Waals surface area contributed by atoms with Crippen molar-refractivity contribution in [2.24, 2.45) is 0 Å². The van der Waals surface area contributed by atoms with Crippen LogP contribution in [0.3, 0.4) is 0 Å². The first-order valence-corrected chi connectivity index (χ1v) is 10.8. The van der Waals surface area contributed by atoms with E-state index in [9.17, 15) is 21.6 Å². The molecule has 0 bridgehead atoms. The van der Waals surface area contributed by atoms with Gasteiger partial charge in [-0.1, -0.05) is 18.2 Å². The Morgan fingerprint density at radius 1 is 1.00 bits per heavy atom. The summed E-state index contributed by atoms with van der Waals surface area (Å²) in [5, 5.41) is 2.28. The highest BCUT2D eigenvalue weighted by molar-refractivity contribution is 7.89. The van der Waals surface area contributed by atoms with Gasteiger partial charge in [0.1, 0.15) is 10.7 Å². The van der Waals surface area contributed by atoms with E-state index in [2.05, 4.69) is 4.98 Å². The molecule has 0 radical (unpaired) electrons. The molecule has 0 atom stereocenters. The number of aromatic nitrogens is 1. The molecule has 3 aromatic rings. The number of benzene rings is 1. The normalized spacial score (nSPS) is 16.6. The van der Waals surface area contributed by atoms with Crippen LogP contribution in [-0.4, -0.2) is 43.9 Å². The maximum absolute atomic E-state index is 13.2. The number of thiophene rings is 1. The lowest BCUT2D eigenvalue weighted by molar-refractivity contribution is -0.137. The zero-order valence-corrected chi connectivity index (χ0v) is 16.2. The van der Waals surface area contributed by atoms with Gasteiger partial charge >= 0.3 is 6.18 Å². The van der Waals surface area contributed by atoms with E-state index in [0.717, 1.165) is 10.8 Å². The first-order chi connectivity index (χ1) is 13.3. The van der Waals surface area contributed by atoms with Crippen molar-refractivity contribution in [3.05, 3.63) is 53.5 Å². The van der Waals surface area contributed by atoms with E-state index in [1.165, 1.54) is 32.8 Å². The first kappa shape index (κ1) is 19.2. The summed E-state index contributed by atoms with van der Waals surface area (Å²) in [5.74, 6) is -0.159. The number of nitrogens with zero attached hydrogens (tertiary/aromatic N) is 3. The van der Waals surface area contributed by atoms with Crippen molar-refractivity contribution in [1.29, 1.82) is 0 Å². The van der Waals surface area contributed by atoms with Crippen molar-refractivity contribution in [2.75, 3.05) is 31.1 Å². The standard InChI is InChI=1S/C18H16F3N3O2S2/c19-18(20,21)14-5-3-7-22-17(14)23-8-10-24(11-9-23)28(25,26)16-12-27-15-6-2-1-4-13(15)16/h1-7,12H,8-11H2. The largest absolute Gasteiger partial charge is 0.419 e. The molecule has 1 aliphatic heterocycles. The average Bonchev–Trinajstić information content (AvgIpc) is 3.12. The quantitative estimate of drug-likeness (QED) is 0.638. The molecular weight excluding hydrogens is 411 g/mol. The third kappa shape index (κ3) is 3.36. The maximum atomic E-state index is 13.2. The van der Waals surface area contributed by atoms with Gasteiger partial charge in [-0.15, -0.1) is 11.3 Å². The van der Waals surface area contributed by atoms with Crippen LogP contribution in [0.4, 0.5) is 19.0 Å². The number of halogens is 3. The van der Waals surface area contributed by atoms with Gasteiger partial charge in [0.05, 0.1) is 5.56 Å². The lowest BCUT2D eigenvalue weighted by Crippen LogP contribution is -2.49. The van der Waals surface area contributed by atoms with Gasteiger partial charge in [0.15, 0.2) is 0 Å². The number of hydrogen-bond acceptors (Lipinski definition) is 5. The Morgan fingerprint density at radius 2 is 1.71 bits per heavy atom. The predicted molar refractivity (Wildman–Crippen MR) is 102 cm³/mol. The van der Waals surface area contributed by atoms with Crippen molar-refractivity contribution < 1.29 is 21.6 Å². The SMILES string of the molecule is O=S(=O)(c1csc2ccccc12)N1CCN(c2ncccc2C(F)(F)F)CC1. The summed E-state index contributed by atoms with van der Waals surface area (Å²) in [4.78, 5) is 5.62. The van der Waals surface area contributed by atoms with E-state index in [1.807, 2.05) is 12.1 Å². The van der Waals surface area contributed by atoms with E-state index in [-0.39, 0.29) is 36.9 Å². The van der Waals surface area contributed by atoms with Crippen molar-refractivity contribution in [2.45, 2.75) is 11.1 Å². The minimum absolute atomic E-state index is 0.0976. The van der Waals surface area contributed by atoms with Gasteiger partial charge in [-0.3, -0.25) is 0 Å². The fourth-order valence-electron chi connectivity index (χ4n) is 3.30. The second-order valence-electron chi connectivity index (χ2n) is 6.36.